The smallest absolute Gasteiger partial charge is 0.228 e. The molecule has 0 atom stereocenters. The van der Waals surface area contributed by atoms with E-state index in [0.29, 0.717) is 12.1 Å². The van der Waals surface area contributed by atoms with Gasteiger partial charge in [-0.05, 0) is 0 Å². The van der Waals surface area contributed by atoms with Crippen molar-refractivity contribution < 1.29 is 9.59 Å². The third kappa shape index (κ3) is 2.40. The molecule has 70 valence electrons. The number of aromatic nitrogens is 2. The lowest BCUT2D eigenvalue weighted by atomic mass is 10.2. The first-order valence-electron chi connectivity index (χ1n) is 3.94. The number of aldehydes is 1. The van der Waals surface area contributed by atoms with Crippen LogP contribution in [0, 0.1) is 5.92 Å². The van der Waals surface area contributed by atoms with Crippen molar-refractivity contribution in [3.05, 3.63) is 12.0 Å². The van der Waals surface area contributed by atoms with Gasteiger partial charge in [0.15, 0.2) is 12.1 Å². The van der Waals surface area contributed by atoms with Gasteiger partial charge in [0.05, 0.1) is 6.20 Å². The molecule has 5 heteroatoms. The maximum atomic E-state index is 11.2. The summed E-state index contributed by atoms with van der Waals surface area (Å²) in [6.45, 7) is 3.57. The molecule has 0 saturated heterocycles. The summed E-state index contributed by atoms with van der Waals surface area (Å²) < 4.78 is 0. The molecule has 0 fully saturated rings. The third-order valence-electron chi connectivity index (χ3n) is 1.49. The minimum Gasteiger partial charge on any atom is -0.322 e. The van der Waals surface area contributed by atoms with Crippen LogP contribution in [0.15, 0.2) is 6.20 Å². The van der Waals surface area contributed by atoms with Gasteiger partial charge >= 0.3 is 0 Å². The van der Waals surface area contributed by atoms with Crippen LogP contribution >= 0.6 is 0 Å². The number of carbonyl (C=O) groups excluding carboxylic acids is 2. The Labute approximate surface area is 75.6 Å². The number of anilines is 1. The van der Waals surface area contributed by atoms with Crippen LogP contribution in [0.3, 0.4) is 0 Å². The lowest BCUT2D eigenvalue weighted by molar-refractivity contribution is -0.118. The maximum absolute atomic E-state index is 11.2. The molecule has 0 unspecified atom stereocenters. The topological polar surface area (TPSA) is 74.8 Å². The van der Waals surface area contributed by atoms with Gasteiger partial charge in [0.1, 0.15) is 5.82 Å². The Morgan fingerprint density at radius 2 is 2.38 bits per heavy atom. The fraction of sp³-hybridized carbons (Fsp3) is 0.375. The van der Waals surface area contributed by atoms with Crippen molar-refractivity contribution in [2.75, 3.05) is 5.32 Å². The number of amides is 1. The molecule has 1 aromatic rings. The van der Waals surface area contributed by atoms with Gasteiger partial charge in [-0.25, -0.2) is 4.98 Å². The first kappa shape index (κ1) is 9.44. The number of carbonyl (C=O) groups is 2. The zero-order valence-corrected chi connectivity index (χ0v) is 7.50. The number of aromatic amines is 1. The van der Waals surface area contributed by atoms with Crippen LogP contribution in [-0.2, 0) is 4.79 Å². The largest absolute Gasteiger partial charge is 0.322 e. The highest BCUT2D eigenvalue weighted by Crippen LogP contribution is 2.04. The zero-order valence-electron chi connectivity index (χ0n) is 7.50. The van der Waals surface area contributed by atoms with E-state index in [1.807, 2.05) is 0 Å². The van der Waals surface area contributed by atoms with Gasteiger partial charge in [-0.3, -0.25) is 9.59 Å². The molecular formula is C8H11N3O2. The summed E-state index contributed by atoms with van der Waals surface area (Å²) in [6, 6.07) is 0. The Bertz CT molecular complexity index is 317. The van der Waals surface area contributed by atoms with Crippen LogP contribution in [0.1, 0.15) is 24.5 Å². The van der Waals surface area contributed by atoms with E-state index in [9.17, 15) is 9.59 Å². The van der Waals surface area contributed by atoms with E-state index in [1.54, 1.807) is 13.8 Å². The Morgan fingerprint density at radius 1 is 1.69 bits per heavy atom. The molecular weight excluding hydrogens is 170 g/mol. The molecule has 2 N–H and O–H groups in total. The van der Waals surface area contributed by atoms with Gasteiger partial charge in [-0.2, -0.15) is 0 Å². The summed E-state index contributed by atoms with van der Waals surface area (Å²) in [5, 5.41) is 2.58. The molecule has 0 aromatic carbocycles. The highest BCUT2D eigenvalue weighted by atomic mass is 16.2. The average molecular weight is 181 g/mol. The van der Waals surface area contributed by atoms with E-state index in [1.165, 1.54) is 6.20 Å². The second-order valence-corrected chi connectivity index (χ2v) is 2.94. The summed E-state index contributed by atoms with van der Waals surface area (Å²) in [7, 11) is 0. The van der Waals surface area contributed by atoms with Crippen molar-refractivity contribution in [3.8, 4) is 0 Å². The first-order chi connectivity index (χ1) is 6.13. The third-order valence-corrected chi connectivity index (χ3v) is 1.49. The van der Waals surface area contributed by atoms with Crippen molar-refractivity contribution in [1.29, 1.82) is 0 Å². The number of hydrogen-bond donors (Lipinski definition) is 2. The highest BCUT2D eigenvalue weighted by molar-refractivity contribution is 5.91. The highest BCUT2D eigenvalue weighted by Gasteiger charge is 2.08. The zero-order chi connectivity index (χ0) is 9.84. The molecule has 1 amide bonds. The minimum absolute atomic E-state index is 0.0945. The Hall–Kier alpha value is -1.65. The summed E-state index contributed by atoms with van der Waals surface area (Å²) >= 11 is 0. The van der Waals surface area contributed by atoms with Gasteiger partial charge in [0.2, 0.25) is 5.91 Å². The van der Waals surface area contributed by atoms with Gasteiger partial charge in [-0.1, -0.05) is 13.8 Å². The average Bonchev–Trinajstić information content (AvgIpc) is 2.52. The normalized spacial score (nSPS) is 10.1. The molecule has 0 aliphatic heterocycles. The molecule has 0 saturated carbocycles. The summed E-state index contributed by atoms with van der Waals surface area (Å²) in [5.74, 6) is 0.448. The predicted octanol–water partition coefficient (Wildman–Crippen LogP) is 0.817. The van der Waals surface area contributed by atoms with Crippen molar-refractivity contribution in [3.63, 3.8) is 0 Å². The molecule has 5 nitrogen and oxygen atoms in total. The predicted molar refractivity (Wildman–Crippen MR) is 47.4 cm³/mol. The van der Waals surface area contributed by atoms with E-state index in [4.69, 9.17) is 0 Å². The van der Waals surface area contributed by atoms with Gasteiger partial charge in [-0.15, -0.1) is 0 Å². The number of hydrogen-bond acceptors (Lipinski definition) is 3. The molecule has 13 heavy (non-hydrogen) atoms. The molecule has 0 aliphatic carbocycles. The second kappa shape index (κ2) is 3.84. The molecule has 1 aromatic heterocycles. The number of imidazole rings is 1. The summed E-state index contributed by atoms with van der Waals surface area (Å²) in [5.41, 5.74) is 0. The number of nitrogens with zero attached hydrogens (tertiary/aromatic N) is 1. The summed E-state index contributed by atoms with van der Waals surface area (Å²) in [4.78, 5) is 27.7. The van der Waals surface area contributed by atoms with Gasteiger partial charge in [0, 0.05) is 5.92 Å². The maximum Gasteiger partial charge on any atom is 0.228 e. The quantitative estimate of drug-likeness (QED) is 0.678. The number of H-pyrrole nitrogens is 1. The SMILES string of the molecule is CC(C)C(=O)Nc1cnc(C=O)[nH]1. The lowest BCUT2D eigenvalue weighted by Crippen LogP contribution is -2.17. The Morgan fingerprint density at radius 3 is 2.85 bits per heavy atom. The lowest BCUT2D eigenvalue weighted by Gasteiger charge is -2.03. The van der Waals surface area contributed by atoms with E-state index in [0.717, 1.165) is 0 Å². The molecule has 1 rings (SSSR count). The fourth-order valence-electron chi connectivity index (χ4n) is 0.737. The molecule has 1 heterocycles. The van der Waals surface area contributed by atoms with Crippen molar-refractivity contribution in [2.45, 2.75) is 13.8 Å². The van der Waals surface area contributed by atoms with Crippen molar-refractivity contribution >= 4 is 18.0 Å². The van der Waals surface area contributed by atoms with Crippen molar-refractivity contribution in [1.82, 2.24) is 9.97 Å². The summed E-state index contributed by atoms with van der Waals surface area (Å²) in [6.07, 6.45) is 2.00. The van der Waals surface area contributed by atoms with E-state index < -0.39 is 0 Å². The van der Waals surface area contributed by atoms with Crippen LogP contribution < -0.4 is 5.32 Å². The Balaban J connectivity index is 2.64. The molecule has 0 radical (unpaired) electrons. The van der Waals surface area contributed by atoms with Crippen LogP contribution in [0.4, 0.5) is 5.82 Å². The van der Waals surface area contributed by atoms with E-state index in [2.05, 4.69) is 15.3 Å². The molecule has 0 bridgehead atoms. The standard InChI is InChI=1S/C8H11N3O2/c1-5(2)8(13)11-6-3-9-7(4-12)10-6/h3-5H,1-2H3,(H,9,10)(H,11,13). The second-order valence-electron chi connectivity index (χ2n) is 2.94. The van der Waals surface area contributed by atoms with Crippen molar-refractivity contribution in [2.24, 2.45) is 5.92 Å². The number of rotatable bonds is 3. The number of nitrogens with one attached hydrogen (secondary N) is 2. The van der Waals surface area contributed by atoms with Crippen LogP contribution in [0.25, 0.3) is 0 Å². The van der Waals surface area contributed by atoms with Crippen LogP contribution in [-0.4, -0.2) is 22.2 Å². The van der Waals surface area contributed by atoms with Crippen LogP contribution in [0.5, 0.6) is 0 Å². The first-order valence-corrected chi connectivity index (χ1v) is 3.94. The van der Waals surface area contributed by atoms with Gasteiger partial charge < -0.3 is 10.3 Å². The fourth-order valence-corrected chi connectivity index (χ4v) is 0.737. The Kier molecular flexibility index (Phi) is 2.79. The van der Waals surface area contributed by atoms with Crippen LogP contribution in [0.2, 0.25) is 0 Å². The molecule has 0 spiro atoms. The monoisotopic (exact) mass is 181 g/mol. The van der Waals surface area contributed by atoms with E-state index in [-0.39, 0.29) is 17.6 Å². The van der Waals surface area contributed by atoms with E-state index >= 15 is 0 Å². The molecule has 0 aliphatic rings. The minimum atomic E-state index is -0.110. The van der Waals surface area contributed by atoms with Gasteiger partial charge in [0.25, 0.3) is 0 Å².